The van der Waals surface area contributed by atoms with Crippen LogP contribution in [0.4, 0.5) is 13.2 Å². The standard InChI is InChI=1S/C13H15F3N2/c14-13(15,16)12(6-7-12)18-10-5-1-3-9-4-2-8-17-11(9)10/h2,4,8,10,18H,1,3,5-7H2. The number of pyridine rings is 1. The minimum absolute atomic E-state index is 0.190. The van der Waals surface area contributed by atoms with Gasteiger partial charge in [0.1, 0.15) is 5.54 Å². The number of nitrogens with zero attached hydrogens (tertiary/aromatic N) is 1. The van der Waals surface area contributed by atoms with Crippen LogP contribution < -0.4 is 5.32 Å². The number of aromatic nitrogens is 1. The van der Waals surface area contributed by atoms with Gasteiger partial charge in [-0.1, -0.05) is 6.07 Å². The Morgan fingerprint density at radius 2 is 2.11 bits per heavy atom. The van der Waals surface area contributed by atoms with Crippen LogP contribution in [0.15, 0.2) is 18.3 Å². The van der Waals surface area contributed by atoms with Crippen LogP contribution in [0.2, 0.25) is 0 Å². The van der Waals surface area contributed by atoms with Crippen LogP contribution in [0.1, 0.15) is 43.0 Å². The van der Waals surface area contributed by atoms with Crippen molar-refractivity contribution in [2.45, 2.75) is 49.9 Å². The van der Waals surface area contributed by atoms with Crippen molar-refractivity contribution in [2.75, 3.05) is 0 Å². The summed E-state index contributed by atoms with van der Waals surface area (Å²) in [4.78, 5) is 4.26. The normalized spacial score (nSPS) is 25.6. The number of rotatable bonds is 2. The first kappa shape index (κ1) is 12.0. The summed E-state index contributed by atoms with van der Waals surface area (Å²) >= 11 is 0. The summed E-state index contributed by atoms with van der Waals surface area (Å²) in [6.07, 6.45) is 0.461. The van der Waals surface area contributed by atoms with E-state index in [1.54, 1.807) is 6.20 Å². The molecule has 0 radical (unpaired) electrons. The number of hydrogen-bond acceptors (Lipinski definition) is 2. The maximum atomic E-state index is 12.9. The minimum Gasteiger partial charge on any atom is -0.295 e. The van der Waals surface area contributed by atoms with E-state index in [-0.39, 0.29) is 18.9 Å². The number of alkyl halides is 3. The Kier molecular flexibility index (Phi) is 2.62. The quantitative estimate of drug-likeness (QED) is 0.879. The Bertz CT molecular complexity index is 452. The zero-order valence-corrected chi connectivity index (χ0v) is 9.93. The molecule has 1 N–H and O–H groups in total. The molecule has 2 aliphatic carbocycles. The number of fused-ring (bicyclic) bond motifs is 1. The Morgan fingerprint density at radius 3 is 2.78 bits per heavy atom. The van der Waals surface area contributed by atoms with Crippen LogP contribution >= 0.6 is 0 Å². The van der Waals surface area contributed by atoms with Gasteiger partial charge in [0.2, 0.25) is 0 Å². The van der Waals surface area contributed by atoms with Gasteiger partial charge in [-0.05, 0) is 43.7 Å². The zero-order valence-electron chi connectivity index (χ0n) is 9.93. The van der Waals surface area contributed by atoms with Crippen molar-refractivity contribution in [3.63, 3.8) is 0 Å². The first-order valence-corrected chi connectivity index (χ1v) is 6.30. The highest BCUT2D eigenvalue weighted by molar-refractivity contribution is 5.27. The fourth-order valence-electron chi connectivity index (χ4n) is 2.72. The molecule has 2 aliphatic rings. The SMILES string of the molecule is FC(F)(F)C1(NC2CCCc3cccnc32)CC1. The van der Waals surface area contributed by atoms with Crippen LogP contribution in [0.3, 0.4) is 0 Å². The van der Waals surface area contributed by atoms with Crippen molar-refractivity contribution in [1.82, 2.24) is 10.3 Å². The topological polar surface area (TPSA) is 24.9 Å². The van der Waals surface area contributed by atoms with Crippen molar-refractivity contribution >= 4 is 0 Å². The number of halogens is 3. The Labute approximate surface area is 104 Å². The minimum atomic E-state index is -4.15. The van der Waals surface area contributed by atoms with Gasteiger partial charge in [0, 0.05) is 6.20 Å². The second kappa shape index (κ2) is 3.95. The van der Waals surface area contributed by atoms with E-state index in [9.17, 15) is 13.2 Å². The molecule has 0 aliphatic heterocycles. The van der Waals surface area contributed by atoms with Gasteiger partial charge >= 0.3 is 6.18 Å². The second-order valence-electron chi connectivity index (χ2n) is 5.22. The molecule has 98 valence electrons. The predicted octanol–water partition coefficient (Wildman–Crippen LogP) is 3.14. The molecule has 0 bridgehead atoms. The summed E-state index contributed by atoms with van der Waals surface area (Å²) in [5.74, 6) is 0. The highest BCUT2D eigenvalue weighted by Crippen LogP contribution is 2.50. The molecule has 0 saturated heterocycles. The lowest BCUT2D eigenvalue weighted by atomic mass is 9.91. The van der Waals surface area contributed by atoms with Crippen molar-refractivity contribution in [3.05, 3.63) is 29.6 Å². The van der Waals surface area contributed by atoms with E-state index in [0.717, 1.165) is 30.5 Å². The smallest absolute Gasteiger partial charge is 0.295 e. The summed E-state index contributed by atoms with van der Waals surface area (Å²) in [5, 5.41) is 2.81. The molecule has 1 saturated carbocycles. The molecule has 2 nitrogen and oxygen atoms in total. The monoisotopic (exact) mass is 256 g/mol. The van der Waals surface area contributed by atoms with Crippen molar-refractivity contribution < 1.29 is 13.2 Å². The first-order valence-electron chi connectivity index (χ1n) is 6.30. The molecule has 18 heavy (non-hydrogen) atoms. The number of nitrogens with one attached hydrogen (secondary N) is 1. The van der Waals surface area contributed by atoms with Crippen LogP contribution in [0.25, 0.3) is 0 Å². The highest BCUT2D eigenvalue weighted by atomic mass is 19.4. The summed E-state index contributed by atoms with van der Waals surface area (Å²) in [6.45, 7) is 0. The average Bonchev–Trinajstić information content (AvgIpc) is 3.10. The van der Waals surface area contributed by atoms with Gasteiger partial charge in [-0.3, -0.25) is 10.3 Å². The van der Waals surface area contributed by atoms with E-state index >= 15 is 0 Å². The highest BCUT2D eigenvalue weighted by Gasteiger charge is 2.64. The van der Waals surface area contributed by atoms with Crippen LogP contribution in [0, 0.1) is 0 Å². The van der Waals surface area contributed by atoms with Crippen LogP contribution in [0.5, 0.6) is 0 Å². The van der Waals surface area contributed by atoms with Gasteiger partial charge in [0.05, 0.1) is 11.7 Å². The predicted molar refractivity (Wildman–Crippen MR) is 61.1 cm³/mol. The van der Waals surface area contributed by atoms with E-state index in [1.807, 2.05) is 12.1 Å². The fourth-order valence-corrected chi connectivity index (χ4v) is 2.72. The molecule has 1 unspecified atom stereocenters. The first-order chi connectivity index (χ1) is 8.52. The maximum Gasteiger partial charge on any atom is 0.406 e. The second-order valence-corrected chi connectivity index (χ2v) is 5.22. The van der Waals surface area contributed by atoms with E-state index in [1.165, 1.54) is 0 Å². The molecule has 0 spiro atoms. The fraction of sp³-hybridized carbons (Fsp3) is 0.615. The maximum absolute atomic E-state index is 12.9. The molecule has 1 aromatic heterocycles. The van der Waals surface area contributed by atoms with Gasteiger partial charge in [-0.15, -0.1) is 0 Å². The Morgan fingerprint density at radius 1 is 1.33 bits per heavy atom. The Balaban J connectivity index is 1.83. The van der Waals surface area contributed by atoms with Gasteiger partial charge < -0.3 is 0 Å². The molecular formula is C13H15F3N2. The summed E-state index contributed by atoms with van der Waals surface area (Å²) in [7, 11) is 0. The van der Waals surface area contributed by atoms with E-state index in [2.05, 4.69) is 10.3 Å². The molecular weight excluding hydrogens is 241 g/mol. The van der Waals surface area contributed by atoms with Crippen molar-refractivity contribution in [3.8, 4) is 0 Å². The van der Waals surface area contributed by atoms with Gasteiger partial charge in [0.25, 0.3) is 0 Å². The molecule has 5 heteroatoms. The molecule has 0 aromatic carbocycles. The summed E-state index contributed by atoms with van der Waals surface area (Å²) < 4.78 is 38.8. The lowest BCUT2D eigenvalue weighted by molar-refractivity contribution is -0.168. The van der Waals surface area contributed by atoms with Gasteiger partial charge in [-0.25, -0.2) is 0 Å². The third-order valence-electron chi connectivity index (χ3n) is 3.94. The molecule has 0 amide bonds. The third kappa shape index (κ3) is 1.90. The van der Waals surface area contributed by atoms with Gasteiger partial charge in [-0.2, -0.15) is 13.2 Å². The van der Waals surface area contributed by atoms with Crippen molar-refractivity contribution in [2.24, 2.45) is 0 Å². The van der Waals surface area contributed by atoms with Crippen molar-refractivity contribution in [1.29, 1.82) is 0 Å². The van der Waals surface area contributed by atoms with E-state index in [4.69, 9.17) is 0 Å². The molecule has 1 heterocycles. The molecule has 1 aromatic rings. The lowest BCUT2D eigenvalue weighted by Crippen LogP contribution is -2.47. The summed E-state index contributed by atoms with van der Waals surface area (Å²) in [5.41, 5.74) is 0.238. The molecule has 3 rings (SSSR count). The lowest BCUT2D eigenvalue weighted by Gasteiger charge is -2.30. The number of aryl methyl sites for hydroxylation is 1. The van der Waals surface area contributed by atoms with E-state index < -0.39 is 11.7 Å². The zero-order chi connectivity index (χ0) is 12.8. The average molecular weight is 256 g/mol. The van der Waals surface area contributed by atoms with Gasteiger partial charge in [0.15, 0.2) is 0 Å². The summed E-state index contributed by atoms with van der Waals surface area (Å²) in [6, 6.07) is 3.56. The van der Waals surface area contributed by atoms with Crippen LogP contribution in [-0.4, -0.2) is 16.7 Å². The number of hydrogen-bond donors (Lipinski definition) is 1. The Hall–Kier alpha value is -1.10. The van der Waals surface area contributed by atoms with E-state index in [0.29, 0.717) is 0 Å². The molecule has 1 atom stereocenters. The van der Waals surface area contributed by atoms with Crippen LogP contribution in [-0.2, 0) is 6.42 Å². The third-order valence-corrected chi connectivity index (χ3v) is 3.94. The largest absolute Gasteiger partial charge is 0.406 e. The molecule has 1 fully saturated rings.